The van der Waals surface area contributed by atoms with Crippen LogP contribution < -0.4 is 14.9 Å². The van der Waals surface area contributed by atoms with Crippen LogP contribution in [0.2, 0.25) is 10.0 Å². The van der Waals surface area contributed by atoms with Gasteiger partial charge < -0.3 is 13.9 Å². The van der Waals surface area contributed by atoms with Crippen molar-refractivity contribution in [3.05, 3.63) is 92.6 Å². The normalized spacial score (nSPS) is 10.8. The van der Waals surface area contributed by atoms with E-state index in [2.05, 4.69) is 0 Å². The fourth-order valence-electron chi connectivity index (χ4n) is 3.04. The largest absolute Gasteiger partial charge is 0.480 e. The van der Waals surface area contributed by atoms with Gasteiger partial charge in [0.05, 0.1) is 10.4 Å². The molecule has 5 nitrogen and oxygen atoms in total. The van der Waals surface area contributed by atoms with Gasteiger partial charge >= 0.3 is 5.97 Å². The minimum absolute atomic E-state index is 0.167. The molecule has 0 spiro atoms. The molecule has 0 N–H and O–H groups in total. The molecule has 0 radical (unpaired) electrons. The van der Waals surface area contributed by atoms with E-state index in [0.717, 1.165) is 5.56 Å². The molecule has 4 rings (SSSR count). The Morgan fingerprint density at radius 3 is 2.52 bits per heavy atom. The summed E-state index contributed by atoms with van der Waals surface area (Å²) in [5.41, 5.74) is 1.44. The van der Waals surface area contributed by atoms with Crippen molar-refractivity contribution in [2.75, 3.05) is 6.61 Å². The molecule has 0 saturated heterocycles. The van der Waals surface area contributed by atoms with Gasteiger partial charge in [-0.25, -0.2) is 4.79 Å². The molecule has 1 aromatic heterocycles. The van der Waals surface area contributed by atoms with Crippen LogP contribution in [-0.2, 0) is 4.79 Å². The zero-order valence-corrected chi connectivity index (χ0v) is 17.9. The summed E-state index contributed by atoms with van der Waals surface area (Å²) < 4.78 is 16.8. The Morgan fingerprint density at radius 2 is 1.77 bits per heavy atom. The predicted octanol–water partition coefficient (Wildman–Crippen LogP) is 6.06. The number of rotatable bonds is 5. The topological polar surface area (TPSA) is 65.7 Å². The highest BCUT2D eigenvalue weighted by molar-refractivity contribution is 6.35. The van der Waals surface area contributed by atoms with Crippen LogP contribution in [0.1, 0.15) is 5.56 Å². The fourth-order valence-corrected chi connectivity index (χ4v) is 3.50. The second-order valence-corrected chi connectivity index (χ2v) is 7.64. The molecule has 1 heterocycles. The third-order valence-corrected chi connectivity index (χ3v) is 5.03. The van der Waals surface area contributed by atoms with E-state index in [4.69, 9.17) is 37.1 Å². The average molecular weight is 455 g/mol. The van der Waals surface area contributed by atoms with Gasteiger partial charge in [0.1, 0.15) is 11.3 Å². The zero-order valence-electron chi connectivity index (χ0n) is 16.4. The van der Waals surface area contributed by atoms with Crippen LogP contribution in [0.25, 0.3) is 22.3 Å². The van der Waals surface area contributed by atoms with Crippen molar-refractivity contribution in [1.82, 2.24) is 0 Å². The number of hydrogen-bond donors (Lipinski definition) is 0. The molecule has 0 aliphatic carbocycles. The predicted molar refractivity (Wildman–Crippen MR) is 120 cm³/mol. The number of carbonyl (C=O) groups excluding carboxylic acids is 1. The minimum Gasteiger partial charge on any atom is -0.480 e. The van der Waals surface area contributed by atoms with Crippen LogP contribution in [0.15, 0.2) is 75.9 Å². The van der Waals surface area contributed by atoms with E-state index >= 15 is 0 Å². The van der Waals surface area contributed by atoms with Crippen LogP contribution in [0.3, 0.4) is 0 Å². The van der Waals surface area contributed by atoms with Crippen LogP contribution in [0.5, 0.6) is 11.5 Å². The van der Waals surface area contributed by atoms with E-state index in [0.29, 0.717) is 21.6 Å². The Morgan fingerprint density at radius 1 is 1.00 bits per heavy atom. The molecule has 4 aromatic rings. The van der Waals surface area contributed by atoms with Crippen molar-refractivity contribution < 1.29 is 18.7 Å². The maximum atomic E-state index is 13.2. The van der Waals surface area contributed by atoms with E-state index < -0.39 is 18.0 Å². The molecule has 0 aliphatic rings. The summed E-state index contributed by atoms with van der Waals surface area (Å²) in [6.45, 7) is 1.40. The second-order valence-electron chi connectivity index (χ2n) is 6.79. The highest BCUT2D eigenvalue weighted by Gasteiger charge is 2.21. The van der Waals surface area contributed by atoms with E-state index in [9.17, 15) is 9.59 Å². The number of benzene rings is 3. The number of ether oxygens (including phenoxy) is 2. The standard InChI is InChI=1S/C24H16Cl2O5/c1-14-7-9-19-17(11-14)22(28)24(23(30-19)15-5-3-2-4-6-15)31-21(27)13-29-20-10-8-16(25)12-18(20)26/h2-12H,13H2,1H3. The van der Waals surface area contributed by atoms with Gasteiger partial charge in [0.2, 0.25) is 11.2 Å². The summed E-state index contributed by atoms with van der Waals surface area (Å²) in [5, 5.41) is 1.02. The van der Waals surface area contributed by atoms with E-state index in [-0.39, 0.29) is 22.3 Å². The van der Waals surface area contributed by atoms with Gasteiger partial charge in [0, 0.05) is 10.6 Å². The highest BCUT2D eigenvalue weighted by atomic mass is 35.5. The lowest BCUT2D eigenvalue weighted by Gasteiger charge is -2.12. The first-order valence-electron chi connectivity index (χ1n) is 9.34. The molecule has 0 unspecified atom stereocenters. The van der Waals surface area contributed by atoms with Crippen molar-refractivity contribution in [3.63, 3.8) is 0 Å². The number of esters is 1. The Kier molecular flexibility index (Phi) is 5.98. The lowest BCUT2D eigenvalue weighted by molar-refractivity contribution is -0.136. The van der Waals surface area contributed by atoms with Crippen LogP contribution in [-0.4, -0.2) is 12.6 Å². The Hall–Kier alpha value is -3.28. The van der Waals surface area contributed by atoms with Crippen LogP contribution >= 0.6 is 23.2 Å². The minimum atomic E-state index is -0.775. The molecule has 0 amide bonds. The summed E-state index contributed by atoms with van der Waals surface area (Å²) >= 11 is 11.9. The number of aryl methyl sites for hydroxylation is 1. The molecular weight excluding hydrogens is 439 g/mol. The highest BCUT2D eigenvalue weighted by Crippen LogP contribution is 2.31. The van der Waals surface area contributed by atoms with Gasteiger partial charge in [0.15, 0.2) is 12.4 Å². The third kappa shape index (κ3) is 4.58. The van der Waals surface area contributed by atoms with Crippen molar-refractivity contribution in [2.24, 2.45) is 0 Å². The zero-order chi connectivity index (χ0) is 22.0. The van der Waals surface area contributed by atoms with Gasteiger partial charge in [-0.05, 0) is 37.3 Å². The monoisotopic (exact) mass is 454 g/mol. The molecule has 0 saturated carbocycles. The maximum Gasteiger partial charge on any atom is 0.349 e. The molecule has 0 atom stereocenters. The van der Waals surface area contributed by atoms with E-state index in [1.165, 1.54) is 6.07 Å². The molecule has 0 fully saturated rings. The van der Waals surface area contributed by atoms with Crippen molar-refractivity contribution in [1.29, 1.82) is 0 Å². The smallest absolute Gasteiger partial charge is 0.349 e. The maximum absolute atomic E-state index is 13.2. The SMILES string of the molecule is Cc1ccc2oc(-c3ccccc3)c(OC(=O)COc3ccc(Cl)cc3Cl)c(=O)c2c1. The molecule has 3 aromatic carbocycles. The summed E-state index contributed by atoms with van der Waals surface area (Å²) in [7, 11) is 0. The average Bonchev–Trinajstić information content (AvgIpc) is 2.76. The van der Waals surface area contributed by atoms with Crippen molar-refractivity contribution in [2.45, 2.75) is 6.92 Å². The van der Waals surface area contributed by atoms with E-state index in [1.807, 2.05) is 19.1 Å². The van der Waals surface area contributed by atoms with Gasteiger partial charge in [-0.2, -0.15) is 0 Å². The molecule has 31 heavy (non-hydrogen) atoms. The number of hydrogen-bond acceptors (Lipinski definition) is 5. The van der Waals surface area contributed by atoms with E-state index in [1.54, 1.807) is 48.5 Å². The van der Waals surface area contributed by atoms with Gasteiger partial charge in [-0.1, -0.05) is 65.2 Å². The van der Waals surface area contributed by atoms with Gasteiger partial charge in [-0.3, -0.25) is 4.79 Å². The summed E-state index contributed by atoms with van der Waals surface area (Å²) in [5.74, 6) is -0.532. The molecule has 7 heteroatoms. The molecule has 0 bridgehead atoms. The molecule has 156 valence electrons. The first-order valence-corrected chi connectivity index (χ1v) is 10.1. The van der Waals surface area contributed by atoms with Crippen LogP contribution in [0.4, 0.5) is 0 Å². The van der Waals surface area contributed by atoms with Gasteiger partial charge in [-0.15, -0.1) is 0 Å². The molecular formula is C24H16Cl2O5. The number of halogens is 2. The third-order valence-electron chi connectivity index (χ3n) is 4.50. The second kappa shape index (κ2) is 8.84. The summed E-state index contributed by atoms with van der Waals surface area (Å²) in [6.07, 6.45) is 0. The number of carbonyl (C=O) groups is 1. The molecule has 0 aliphatic heterocycles. The Labute approximate surface area is 187 Å². The first-order chi connectivity index (χ1) is 14.9. The Bertz CT molecular complexity index is 1330. The van der Waals surface area contributed by atoms with Crippen molar-refractivity contribution in [3.8, 4) is 22.8 Å². The first kappa shape index (κ1) is 21.0. The fraction of sp³-hybridized carbons (Fsp3) is 0.0833. The van der Waals surface area contributed by atoms with Crippen LogP contribution in [0, 0.1) is 6.92 Å². The quantitative estimate of drug-likeness (QED) is 0.343. The summed E-state index contributed by atoms with van der Waals surface area (Å²) in [6, 6.07) is 18.8. The number of fused-ring (bicyclic) bond motifs is 1. The lowest BCUT2D eigenvalue weighted by Crippen LogP contribution is -2.22. The lowest BCUT2D eigenvalue weighted by atomic mass is 10.1. The Balaban J connectivity index is 1.69. The summed E-state index contributed by atoms with van der Waals surface area (Å²) in [4.78, 5) is 25.7. The van der Waals surface area contributed by atoms with Gasteiger partial charge in [0.25, 0.3) is 0 Å². The van der Waals surface area contributed by atoms with Crippen molar-refractivity contribution >= 4 is 40.1 Å².